The minimum atomic E-state index is -4.36. The number of carbonyl (C=O) groups is 12. The van der Waals surface area contributed by atoms with Gasteiger partial charge in [0.2, 0.25) is 70.9 Å². The van der Waals surface area contributed by atoms with Gasteiger partial charge in [-0.15, -0.1) is 11.6 Å². The van der Waals surface area contributed by atoms with E-state index in [9.17, 15) is 61.1 Å². The Morgan fingerprint density at radius 2 is 1.06 bits per heavy atom. The number of alkyl halides is 4. The molecule has 3 saturated carbocycles. The molecule has 28 heteroatoms. The van der Waals surface area contributed by atoms with Crippen LogP contribution in [0.2, 0.25) is 0 Å². The normalized spacial score (nSPS) is 29.7. The largest absolute Gasteiger partial charge is 0.391 e. The molecule has 5 aliphatic rings. The van der Waals surface area contributed by atoms with Crippen molar-refractivity contribution < 1.29 is 70.7 Å². The molecule has 0 bridgehead atoms. The SMILES string of the molecule is CC[C@H](C)[C@@H]1NC(=O)[C@H](C)N(C)C(=O)C[C@@H](C(=O)N2CCCC2)NC(=O)[C@H](CC(C)C)N(C)C(=O)[C@H](CC2CCCCC2)NC(=O)[C@H](CC(C)C)NC(=O)[C@H](CCC2CCC(C(F)(F)F)CC2)NC(=O)CN(C)C(=O)[C@H](CC2CCC(Cl)CC2)N(C)C(=O)CN(C)C(=O)CN(C)C1=O. The fourth-order valence-electron chi connectivity index (χ4n) is 14.4. The molecule has 2 aliphatic heterocycles. The van der Waals surface area contributed by atoms with Crippen LogP contribution < -0.4 is 26.6 Å². The van der Waals surface area contributed by atoms with Crippen LogP contribution in [0.15, 0.2) is 0 Å². The second-order valence-corrected chi connectivity index (χ2v) is 30.5. The Morgan fingerprint density at radius 3 is 1.64 bits per heavy atom. The molecule has 0 aromatic carbocycles. The van der Waals surface area contributed by atoms with Gasteiger partial charge in [0.05, 0.1) is 32.0 Å². The van der Waals surface area contributed by atoms with Crippen LogP contribution in [0.25, 0.3) is 0 Å². The van der Waals surface area contributed by atoms with Crippen LogP contribution in [0.1, 0.15) is 196 Å². The molecule has 0 aromatic heterocycles. The second-order valence-electron chi connectivity index (χ2n) is 29.9. The molecule has 0 aromatic rings. The maximum atomic E-state index is 15.3. The maximum Gasteiger partial charge on any atom is 0.391 e. The standard InChI is InChI=1S/C70H116ClF3N12O12/c1-14-44(6)61-69(98)82(10)40-59(89)80(8)41-60(90)84(12)56(37-48-24-29-50(71)30-25-48)68(97)81(9)39-57(87)75-51(31-26-46-22-27-49(28-23-46)70(72,73)74)63(92)76-52(34-42(2)3)64(93)77-53(36-47-20-16-15-17-21-47)66(95)85(13)55(35-43(4)5)65(94)78-54(67(96)86-32-18-19-33-86)38-58(88)83(11)45(7)62(91)79-61/h42-56,61H,14-41H2,1-13H3,(H,75,87)(H,76,92)(H,77,93)(H,78,94)(H,79,91)/t44-,45-,46?,48?,49?,50?,51-,52-,53-,54-,55-,56-,61-/m0/s1. The molecule has 9 atom stereocenters. The van der Waals surface area contributed by atoms with Crippen molar-refractivity contribution in [2.75, 3.05) is 75.0 Å². The highest BCUT2D eigenvalue weighted by molar-refractivity contribution is 6.20. The Labute approximate surface area is 584 Å². The molecule has 24 nitrogen and oxygen atoms in total. The van der Waals surface area contributed by atoms with E-state index < -0.39 is 163 Å². The third kappa shape index (κ3) is 24.5. The Bertz CT molecular complexity index is 2740. The first-order valence-corrected chi connectivity index (χ1v) is 36.5. The first-order chi connectivity index (χ1) is 46.0. The summed E-state index contributed by atoms with van der Waals surface area (Å²) in [6, 6.07) is -10.2. The van der Waals surface area contributed by atoms with E-state index in [0.29, 0.717) is 58.0 Å². The molecule has 2 saturated heterocycles. The van der Waals surface area contributed by atoms with Gasteiger partial charge in [-0.05, 0) is 145 Å². The molecule has 0 unspecified atom stereocenters. The number of hydrogen-bond acceptors (Lipinski definition) is 12. The predicted molar refractivity (Wildman–Crippen MR) is 365 cm³/mol. The quantitative estimate of drug-likeness (QED) is 0.130. The van der Waals surface area contributed by atoms with E-state index in [-0.39, 0.29) is 99.2 Å². The van der Waals surface area contributed by atoms with Crippen molar-refractivity contribution in [3.63, 3.8) is 0 Å². The molecular weight excluding hydrogens is 1290 g/mol. The lowest BCUT2D eigenvalue weighted by molar-refractivity contribution is -0.184. The van der Waals surface area contributed by atoms with Crippen molar-refractivity contribution in [2.45, 2.75) is 256 Å². The Balaban J connectivity index is 1.58. The minimum Gasteiger partial charge on any atom is -0.343 e. The van der Waals surface area contributed by atoms with Crippen LogP contribution in [-0.4, -0.2) is 240 Å². The summed E-state index contributed by atoms with van der Waals surface area (Å²) < 4.78 is 41.5. The molecule has 0 radical (unpaired) electrons. The summed E-state index contributed by atoms with van der Waals surface area (Å²) in [4.78, 5) is 184. The summed E-state index contributed by atoms with van der Waals surface area (Å²) >= 11 is 6.50. The summed E-state index contributed by atoms with van der Waals surface area (Å²) in [6.45, 7) is 11.4. The molecular formula is C70H116ClF3N12O12. The second kappa shape index (κ2) is 38.5. The summed E-state index contributed by atoms with van der Waals surface area (Å²) in [5.74, 6) is -11.0. The van der Waals surface area contributed by atoms with Gasteiger partial charge in [-0.3, -0.25) is 57.5 Å². The van der Waals surface area contributed by atoms with E-state index in [1.165, 1.54) is 59.0 Å². The molecule has 5 fully saturated rings. The molecule has 98 heavy (non-hydrogen) atoms. The molecule has 556 valence electrons. The van der Waals surface area contributed by atoms with E-state index in [2.05, 4.69) is 26.6 Å². The van der Waals surface area contributed by atoms with Gasteiger partial charge in [-0.25, -0.2) is 0 Å². The number of hydrogen-bond donors (Lipinski definition) is 5. The number of nitrogens with one attached hydrogen (secondary N) is 5. The van der Waals surface area contributed by atoms with Crippen LogP contribution in [-0.2, 0) is 57.5 Å². The molecule has 5 rings (SSSR count). The predicted octanol–water partition coefficient (Wildman–Crippen LogP) is 5.76. The Hall–Kier alpha value is -6.28. The molecule has 2 heterocycles. The van der Waals surface area contributed by atoms with Gasteiger partial charge in [-0.1, -0.05) is 80.1 Å². The zero-order valence-electron chi connectivity index (χ0n) is 60.6. The molecule has 5 N–H and O–H groups in total. The monoisotopic (exact) mass is 1410 g/mol. The zero-order chi connectivity index (χ0) is 73.0. The summed E-state index contributed by atoms with van der Waals surface area (Å²) in [5, 5.41) is 14.1. The maximum absolute atomic E-state index is 15.3. The van der Waals surface area contributed by atoms with Gasteiger partial charge in [0, 0.05) is 60.8 Å². The van der Waals surface area contributed by atoms with E-state index in [0.717, 1.165) is 51.7 Å². The van der Waals surface area contributed by atoms with Gasteiger partial charge in [-0.2, -0.15) is 13.2 Å². The smallest absolute Gasteiger partial charge is 0.343 e. The van der Waals surface area contributed by atoms with Gasteiger partial charge < -0.3 is 60.9 Å². The van der Waals surface area contributed by atoms with Crippen molar-refractivity contribution in [1.82, 2.24) is 60.9 Å². The van der Waals surface area contributed by atoms with E-state index in [1.54, 1.807) is 11.8 Å². The number of nitrogens with zero attached hydrogens (tertiary/aromatic N) is 7. The van der Waals surface area contributed by atoms with E-state index in [4.69, 9.17) is 11.6 Å². The van der Waals surface area contributed by atoms with Gasteiger partial charge in [0.25, 0.3) is 0 Å². The van der Waals surface area contributed by atoms with Crippen molar-refractivity contribution in [1.29, 1.82) is 0 Å². The van der Waals surface area contributed by atoms with Crippen LogP contribution in [0, 0.1) is 41.4 Å². The summed E-state index contributed by atoms with van der Waals surface area (Å²) in [7, 11) is 8.34. The number of carbonyl (C=O) groups excluding carboxylic acids is 12. The third-order valence-electron chi connectivity index (χ3n) is 21.2. The summed E-state index contributed by atoms with van der Waals surface area (Å²) in [5.41, 5.74) is 0. The number of likely N-dealkylation sites (tertiary alicyclic amines) is 1. The third-order valence-corrected chi connectivity index (χ3v) is 21.6. The van der Waals surface area contributed by atoms with Crippen LogP contribution in [0.3, 0.4) is 0 Å². The van der Waals surface area contributed by atoms with Crippen molar-refractivity contribution >= 4 is 82.5 Å². The van der Waals surface area contributed by atoms with Crippen LogP contribution in [0.4, 0.5) is 13.2 Å². The van der Waals surface area contributed by atoms with Crippen LogP contribution >= 0.6 is 11.6 Å². The van der Waals surface area contributed by atoms with Gasteiger partial charge in [0.1, 0.15) is 48.3 Å². The van der Waals surface area contributed by atoms with Crippen molar-refractivity contribution in [3.05, 3.63) is 0 Å². The van der Waals surface area contributed by atoms with Gasteiger partial charge in [0.15, 0.2) is 0 Å². The Morgan fingerprint density at radius 1 is 0.510 bits per heavy atom. The van der Waals surface area contributed by atoms with Crippen LogP contribution in [0.5, 0.6) is 0 Å². The fourth-order valence-corrected chi connectivity index (χ4v) is 14.6. The fraction of sp³-hybridized carbons (Fsp3) is 0.829. The number of likely N-dealkylation sites (N-methyl/N-ethyl adjacent to an activating group) is 6. The average Bonchev–Trinajstić information content (AvgIpc) is 1.06. The number of halogens is 4. The molecule has 12 amide bonds. The van der Waals surface area contributed by atoms with E-state index in [1.807, 2.05) is 34.6 Å². The topological polar surface area (TPSA) is 288 Å². The highest BCUT2D eigenvalue weighted by Crippen LogP contribution is 2.41. The highest BCUT2D eigenvalue weighted by atomic mass is 35.5. The van der Waals surface area contributed by atoms with Gasteiger partial charge >= 0.3 is 6.18 Å². The first kappa shape index (κ1) is 82.4. The average molecular weight is 1410 g/mol. The molecule has 3 aliphatic carbocycles. The number of rotatable bonds is 14. The van der Waals surface area contributed by atoms with Crippen molar-refractivity contribution in [2.24, 2.45) is 41.4 Å². The zero-order valence-corrected chi connectivity index (χ0v) is 61.3. The molecule has 0 spiro atoms. The van der Waals surface area contributed by atoms with Crippen molar-refractivity contribution in [3.8, 4) is 0 Å². The lowest BCUT2D eigenvalue weighted by Crippen LogP contribution is -2.60. The Kier molecular flexibility index (Phi) is 32.4. The lowest BCUT2D eigenvalue weighted by atomic mass is 9.79. The first-order valence-electron chi connectivity index (χ1n) is 36.0. The number of amides is 12. The highest BCUT2D eigenvalue weighted by Gasteiger charge is 2.44. The minimum absolute atomic E-state index is 0.0179. The summed E-state index contributed by atoms with van der Waals surface area (Å²) in [6.07, 6.45) is 4.60. The van der Waals surface area contributed by atoms with E-state index >= 15 is 9.59 Å². The lowest BCUT2D eigenvalue weighted by Gasteiger charge is -2.36.